The highest BCUT2D eigenvalue weighted by molar-refractivity contribution is 6.74. The van der Waals surface area contributed by atoms with Gasteiger partial charge in [0.25, 0.3) is 0 Å². The molecule has 0 aromatic carbocycles. The number of ether oxygens (including phenoxy) is 3. The Hall–Kier alpha value is -0.633. The molecule has 6 nitrogen and oxygen atoms in total. The zero-order valence-corrected chi connectivity index (χ0v) is 18.5. The van der Waals surface area contributed by atoms with E-state index >= 15 is 0 Å². The molecule has 0 aromatic heterocycles. The Balaban J connectivity index is 2.81. The molecule has 2 atom stereocenters. The minimum Gasteiger partial charge on any atom is -0.444 e. The Morgan fingerprint density at radius 3 is 2.24 bits per heavy atom. The van der Waals surface area contributed by atoms with Crippen molar-refractivity contribution in [1.82, 2.24) is 4.90 Å². The fourth-order valence-electron chi connectivity index (χ4n) is 2.52. The van der Waals surface area contributed by atoms with Crippen LogP contribution in [0.15, 0.2) is 0 Å². The summed E-state index contributed by atoms with van der Waals surface area (Å²) < 4.78 is 22.5. The van der Waals surface area contributed by atoms with Crippen LogP contribution in [-0.2, 0) is 18.6 Å². The second-order valence-electron chi connectivity index (χ2n) is 9.30. The highest BCUT2D eigenvalue weighted by atomic mass is 28.4. The van der Waals surface area contributed by atoms with Gasteiger partial charge in [0.15, 0.2) is 8.32 Å². The Morgan fingerprint density at radius 2 is 1.76 bits per heavy atom. The average Bonchev–Trinajstić information content (AvgIpc) is 2.78. The van der Waals surface area contributed by atoms with Crippen molar-refractivity contribution in [2.75, 3.05) is 27.1 Å². The predicted molar refractivity (Wildman–Crippen MR) is 101 cm³/mol. The van der Waals surface area contributed by atoms with Crippen molar-refractivity contribution in [3.8, 4) is 0 Å². The van der Waals surface area contributed by atoms with Crippen LogP contribution in [0.25, 0.3) is 0 Å². The SMILES string of the molecule is COCOC[C@@H]1C[C@@H](O[Si](C)(C)C(C)(C)C)CN1C(=O)OC(C)(C)C. The predicted octanol–water partition coefficient (Wildman–Crippen LogP) is 4.01. The monoisotopic (exact) mass is 375 g/mol. The minimum absolute atomic E-state index is 0.0181. The molecule has 0 N–H and O–H groups in total. The van der Waals surface area contributed by atoms with Crippen LogP contribution in [0.4, 0.5) is 4.79 Å². The first-order valence-electron chi connectivity index (χ1n) is 9.01. The number of carbonyl (C=O) groups is 1. The molecule has 1 aliphatic heterocycles. The average molecular weight is 376 g/mol. The molecule has 0 spiro atoms. The van der Waals surface area contributed by atoms with E-state index in [1.165, 1.54) is 0 Å². The number of methoxy groups -OCH3 is 1. The van der Waals surface area contributed by atoms with Crippen LogP contribution in [0.2, 0.25) is 18.1 Å². The molecule has 7 heteroatoms. The molecule has 0 aliphatic carbocycles. The Morgan fingerprint density at radius 1 is 1.16 bits per heavy atom. The van der Waals surface area contributed by atoms with Crippen LogP contribution in [0.5, 0.6) is 0 Å². The van der Waals surface area contributed by atoms with Gasteiger partial charge in [0, 0.05) is 13.7 Å². The Bertz CT molecular complexity index is 442. The van der Waals surface area contributed by atoms with Gasteiger partial charge in [-0.2, -0.15) is 0 Å². The summed E-state index contributed by atoms with van der Waals surface area (Å²) in [5.41, 5.74) is -0.520. The molecule has 0 aromatic rings. The number of hydrogen-bond donors (Lipinski definition) is 0. The molecule has 0 radical (unpaired) electrons. The molecule has 1 fully saturated rings. The van der Waals surface area contributed by atoms with E-state index in [1.54, 1.807) is 12.0 Å². The van der Waals surface area contributed by atoms with Gasteiger partial charge in [0.05, 0.1) is 18.8 Å². The lowest BCUT2D eigenvalue weighted by Crippen LogP contribution is -2.45. The Labute approximate surface area is 154 Å². The summed E-state index contributed by atoms with van der Waals surface area (Å²) in [4.78, 5) is 14.3. The Kier molecular flexibility index (Phi) is 7.50. The van der Waals surface area contributed by atoms with Crippen molar-refractivity contribution in [2.24, 2.45) is 0 Å². The van der Waals surface area contributed by atoms with E-state index in [4.69, 9.17) is 18.6 Å². The molecule has 0 saturated carbocycles. The topological polar surface area (TPSA) is 57.2 Å². The van der Waals surface area contributed by atoms with Crippen molar-refractivity contribution in [3.05, 3.63) is 0 Å². The van der Waals surface area contributed by atoms with Gasteiger partial charge in [-0.1, -0.05) is 20.8 Å². The van der Waals surface area contributed by atoms with Gasteiger partial charge in [-0.25, -0.2) is 4.79 Å². The van der Waals surface area contributed by atoms with Crippen molar-refractivity contribution < 1.29 is 23.4 Å². The maximum absolute atomic E-state index is 12.6. The lowest BCUT2D eigenvalue weighted by atomic mass is 10.2. The number of nitrogens with zero attached hydrogens (tertiary/aromatic N) is 1. The van der Waals surface area contributed by atoms with Gasteiger partial charge >= 0.3 is 6.09 Å². The summed E-state index contributed by atoms with van der Waals surface area (Å²) in [6.07, 6.45) is 0.472. The van der Waals surface area contributed by atoms with Gasteiger partial charge in [-0.3, -0.25) is 0 Å². The van der Waals surface area contributed by atoms with Gasteiger partial charge in [0.1, 0.15) is 12.4 Å². The van der Waals surface area contributed by atoms with Crippen LogP contribution in [0.3, 0.4) is 0 Å². The first-order chi connectivity index (χ1) is 11.3. The third-order valence-corrected chi connectivity index (χ3v) is 9.32. The van der Waals surface area contributed by atoms with Crippen molar-refractivity contribution >= 4 is 14.4 Å². The largest absolute Gasteiger partial charge is 0.444 e. The number of rotatable bonds is 6. The molecular weight excluding hydrogens is 338 g/mol. The smallest absolute Gasteiger partial charge is 0.410 e. The highest BCUT2D eigenvalue weighted by Gasteiger charge is 2.44. The van der Waals surface area contributed by atoms with E-state index in [-0.39, 0.29) is 30.1 Å². The van der Waals surface area contributed by atoms with Crippen LogP contribution in [-0.4, -0.2) is 64.1 Å². The number of carbonyl (C=O) groups excluding carboxylic acids is 1. The zero-order valence-electron chi connectivity index (χ0n) is 17.5. The molecule has 148 valence electrons. The van der Waals surface area contributed by atoms with Gasteiger partial charge in [-0.15, -0.1) is 0 Å². The zero-order chi connectivity index (χ0) is 19.5. The van der Waals surface area contributed by atoms with Crippen molar-refractivity contribution in [1.29, 1.82) is 0 Å². The lowest BCUT2D eigenvalue weighted by molar-refractivity contribution is -0.0497. The molecular formula is C18H37NO5Si. The summed E-state index contributed by atoms with van der Waals surface area (Å²) in [7, 11) is -0.306. The number of amides is 1. The van der Waals surface area contributed by atoms with Crippen LogP contribution < -0.4 is 0 Å². The molecule has 25 heavy (non-hydrogen) atoms. The summed E-state index contributed by atoms with van der Waals surface area (Å²) in [6, 6.07) is -0.0558. The third kappa shape index (κ3) is 6.88. The molecule has 1 saturated heterocycles. The van der Waals surface area contributed by atoms with E-state index in [2.05, 4.69) is 33.9 Å². The number of likely N-dealkylation sites (tertiary alicyclic amines) is 1. The fraction of sp³-hybridized carbons (Fsp3) is 0.944. The highest BCUT2D eigenvalue weighted by Crippen LogP contribution is 2.39. The first-order valence-corrected chi connectivity index (χ1v) is 11.9. The molecule has 0 bridgehead atoms. The quantitative estimate of drug-likeness (QED) is 0.399. The lowest BCUT2D eigenvalue weighted by Gasteiger charge is -2.38. The van der Waals surface area contributed by atoms with Crippen LogP contribution in [0, 0.1) is 0 Å². The molecule has 0 unspecified atom stereocenters. The normalized spacial score (nSPS) is 22.4. The molecule has 1 rings (SSSR count). The first kappa shape index (κ1) is 22.4. The number of hydrogen-bond acceptors (Lipinski definition) is 5. The van der Waals surface area contributed by atoms with E-state index in [1.807, 2.05) is 20.8 Å². The van der Waals surface area contributed by atoms with E-state index < -0.39 is 13.9 Å². The van der Waals surface area contributed by atoms with Crippen LogP contribution in [0.1, 0.15) is 48.0 Å². The second-order valence-corrected chi connectivity index (χ2v) is 14.1. The minimum atomic E-state index is -1.89. The summed E-state index contributed by atoms with van der Waals surface area (Å²) in [5, 5.41) is 0.133. The second kappa shape index (κ2) is 8.37. The maximum atomic E-state index is 12.6. The fourth-order valence-corrected chi connectivity index (χ4v) is 3.88. The third-order valence-electron chi connectivity index (χ3n) is 4.78. The molecule has 1 aliphatic rings. The van der Waals surface area contributed by atoms with E-state index in [9.17, 15) is 4.79 Å². The standard InChI is InChI=1S/C18H37NO5Si/c1-17(2,3)23-16(20)19-11-15(10-14(19)12-22-13-21-7)24-25(8,9)18(4,5)6/h14-15H,10-13H2,1-9H3/t14-,15+/m0/s1. The summed E-state index contributed by atoms with van der Waals surface area (Å²) >= 11 is 0. The van der Waals surface area contributed by atoms with Gasteiger partial charge in [-0.05, 0) is 45.3 Å². The molecule has 1 heterocycles. The van der Waals surface area contributed by atoms with Crippen molar-refractivity contribution in [2.45, 2.75) is 83.8 Å². The van der Waals surface area contributed by atoms with Gasteiger partial charge < -0.3 is 23.5 Å². The van der Waals surface area contributed by atoms with Crippen LogP contribution >= 0.6 is 0 Å². The summed E-state index contributed by atoms with van der Waals surface area (Å²) in [5.74, 6) is 0. The summed E-state index contributed by atoms with van der Waals surface area (Å²) in [6.45, 7) is 17.9. The maximum Gasteiger partial charge on any atom is 0.410 e. The van der Waals surface area contributed by atoms with Gasteiger partial charge in [0.2, 0.25) is 0 Å². The van der Waals surface area contributed by atoms with E-state index in [0.29, 0.717) is 13.2 Å². The molecule has 1 amide bonds. The van der Waals surface area contributed by atoms with E-state index in [0.717, 1.165) is 6.42 Å². The van der Waals surface area contributed by atoms with Crippen molar-refractivity contribution in [3.63, 3.8) is 0 Å².